The molecule has 1 fully saturated rings. The summed E-state index contributed by atoms with van der Waals surface area (Å²) >= 11 is 0. The van der Waals surface area contributed by atoms with Gasteiger partial charge in [-0.1, -0.05) is 6.92 Å². The van der Waals surface area contributed by atoms with E-state index in [9.17, 15) is 14.7 Å². The molecular weight excluding hydrogens is 270 g/mol. The average Bonchev–Trinajstić information content (AvgIpc) is 2.48. The average molecular weight is 291 g/mol. The van der Waals surface area contributed by atoms with Gasteiger partial charge < -0.3 is 15.3 Å². The maximum Gasteiger partial charge on any atom is 0.326 e. The van der Waals surface area contributed by atoms with E-state index in [4.69, 9.17) is 0 Å². The number of likely N-dealkylation sites (tertiary alicyclic amines) is 1. The molecule has 6 nitrogen and oxygen atoms in total. The number of urea groups is 1. The van der Waals surface area contributed by atoms with Gasteiger partial charge in [0.25, 0.3) is 0 Å². The molecule has 6 heteroatoms. The van der Waals surface area contributed by atoms with Crippen molar-refractivity contribution in [1.82, 2.24) is 15.2 Å². The predicted octanol–water partition coefficient (Wildman–Crippen LogP) is 1.52. The third-order valence-electron chi connectivity index (χ3n) is 3.85. The lowest BCUT2D eigenvalue weighted by Gasteiger charge is -2.35. The summed E-state index contributed by atoms with van der Waals surface area (Å²) in [6.07, 6.45) is 5.50. The predicted molar refractivity (Wildman–Crippen MR) is 77.9 cm³/mol. The zero-order valence-electron chi connectivity index (χ0n) is 12.2. The summed E-state index contributed by atoms with van der Waals surface area (Å²) in [5.41, 5.74) is 1.09. The van der Waals surface area contributed by atoms with Crippen LogP contribution >= 0.6 is 0 Å². The Kier molecular flexibility index (Phi) is 5.14. The highest BCUT2D eigenvalue weighted by Crippen LogP contribution is 2.22. The molecule has 114 valence electrons. The Morgan fingerprint density at radius 2 is 2.14 bits per heavy atom. The Bertz CT molecular complexity index is 492. The largest absolute Gasteiger partial charge is 0.480 e. The molecule has 1 aromatic rings. The number of pyridine rings is 1. The fourth-order valence-corrected chi connectivity index (χ4v) is 2.58. The van der Waals surface area contributed by atoms with Crippen molar-refractivity contribution in [2.75, 3.05) is 13.1 Å². The van der Waals surface area contributed by atoms with Gasteiger partial charge in [-0.15, -0.1) is 0 Å². The number of nitrogens with one attached hydrogen (secondary N) is 1. The minimum absolute atomic E-state index is 0.289. The molecule has 2 unspecified atom stereocenters. The highest BCUT2D eigenvalue weighted by molar-refractivity contribution is 5.82. The molecule has 0 aromatic carbocycles. The first kappa shape index (κ1) is 15.3. The Labute approximate surface area is 124 Å². The van der Waals surface area contributed by atoms with Crippen LogP contribution in [0.5, 0.6) is 0 Å². The molecule has 21 heavy (non-hydrogen) atoms. The molecule has 0 spiro atoms. The molecule has 2 N–H and O–H groups in total. The van der Waals surface area contributed by atoms with Gasteiger partial charge in [0.2, 0.25) is 0 Å². The number of carboxylic acids is 1. The number of nitrogens with zero attached hydrogens (tertiary/aromatic N) is 2. The van der Waals surface area contributed by atoms with Crippen LogP contribution in [0.25, 0.3) is 0 Å². The fraction of sp³-hybridized carbons (Fsp3) is 0.533. The minimum Gasteiger partial charge on any atom is -0.480 e. The standard InChI is InChI=1S/C15H21N3O3/c1-11-5-9-18(13(10-11)14(19)20)15(21)17-8-4-12-2-6-16-7-3-12/h2-3,6-7,11,13H,4-5,8-10H2,1H3,(H,17,21)(H,19,20). The van der Waals surface area contributed by atoms with Crippen LogP contribution in [0.4, 0.5) is 4.79 Å². The second-order valence-electron chi connectivity index (χ2n) is 5.51. The quantitative estimate of drug-likeness (QED) is 0.881. The van der Waals surface area contributed by atoms with Crippen LogP contribution in [0.2, 0.25) is 0 Å². The highest BCUT2D eigenvalue weighted by atomic mass is 16.4. The van der Waals surface area contributed by atoms with Crippen molar-refractivity contribution in [2.45, 2.75) is 32.2 Å². The second-order valence-corrected chi connectivity index (χ2v) is 5.51. The number of carboxylic acid groups (broad SMARTS) is 1. The normalized spacial score (nSPS) is 21.9. The van der Waals surface area contributed by atoms with E-state index in [0.29, 0.717) is 31.8 Å². The molecule has 2 heterocycles. The summed E-state index contributed by atoms with van der Waals surface area (Å²) in [5.74, 6) is -0.585. The van der Waals surface area contributed by atoms with E-state index >= 15 is 0 Å². The number of hydrogen-bond donors (Lipinski definition) is 2. The van der Waals surface area contributed by atoms with Crippen molar-refractivity contribution in [2.24, 2.45) is 5.92 Å². The minimum atomic E-state index is -0.925. The lowest BCUT2D eigenvalue weighted by atomic mass is 9.93. The SMILES string of the molecule is CC1CCN(C(=O)NCCc2ccncc2)C(C(=O)O)C1. The van der Waals surface area contributed by atoms with Gasteiger partial charge in [0.05, 0.1) is 0 Å². The summed E-state index contributed by atoms with van der Waals surface area (Å²) in [7, 11) is 0. The van der Waals surface area contributed by atoms with Gasteiger partial charge in [0.1, 0.15) is 6.04 Å². The van der Waals surface area contributed by atoms with Crippen LogP contribution in [0.1, 0.15) is 25.3 Å². The van der Waals surface area contributed by atoms with Gasteiger partial charge in [-0.3, -0.25) is 4.98 Å². The molecule has 2 amide bonds. The lowest BCUT2D eigenvalue weighted by Crippen LogP contribution is -2.53. The van der Waals surface area contributed by atoms with Gasteiger partial charge in [-0.05, 0) is 42.9 Å². The first-order valence-electron chi connectivity index (χ1n) is 7.24. The molecule has 1 saturated heterocycles. The van der Waals surface area contributed by atoms with E-state index in [2.05, 4.69) is 10.3 Å². The van der Waals surface area contributed by atoms with Gasteiger partial charge in [-0.25, -0.2) is 9.59 Å². The Morgan fingerprint density at radius 1 is 1.43 bits per heavy atom. The molecule has 2 atom stereocenters. The maximum atomic E-state index is 12.1. The summed E-state index contributed by atoms with van der Waals surface area (Å²) < 4.78 is 0. The van der Waals surface area contributed by atoms with Gasteiger partial charge in [-0.2, -0.15) is 0 Å². The smallest absolute Gasteiger partial charge is 0.326 e. The third kappa shape index (κ3) is 4.18. The number of carbonyl (C=O) groups excluding carboxylic acids is 1. The zero-order chi connectivity index (χ0) is 15.2. The number of aliphatic carboxylic acids is 1. The van der Waals surface area contributed by atoms with Crippen LogP contribution in [0.15, 0.2) is 24.5 Å². The topological polar surface area (TPSA) is 82.5 Å². The van der Waals surface area contributed by atoms with Gasteiger partial charge in [0, 0.05) is 25.5 Å². The summed E-state index contributed by atoms with van der Waals surface area (Å²) in [6, 6.07) is 2.79. The fourth-order valence-electron chi connectivity index (χ4n) is 2.58. The van der Waals surface area contributed by atoms with E-state index in [0.717, 1.165) is 12.0 Å². The molecule has 0 saturated carbocycles. The lowest BCUT2D eigenvalue weighted by molar-refractivity contribution is -0.143. The molecule has 0 bridgehead atoms. The summed E-state index contributed by atoms with van der Waals surface area (Å²) in [4.78, 5) is 28.8. The van der Waals surface area contributed by atoms with Crippen molar-refractivity contribution in [3.63, 3.8) is 0 Å². The van der Waals surface area contributed by atoms with Crippen LogP contribution in [-0.4, -0.2) is 46.1 Å². The third-order valence-corrected chi connectivity index (χ3v) is 3.85. The van der Waals surface area contributed by atoms with E-state index in [1.54, 1.807) is 12.4 Å². The van der Waals surface area contributed by atoms with E-state index in [-0.39, 0.29) is 6.03 Å². The van der Waals surface area contributed by atoms with Crippen molar-refractivity contribution < 1.29 is 14.7 Å². The van der Waals surface area contributed by atoms with Gasteiger partial charge in [0.15, 0.2) is 0 Å². The van der Waals surface area contributed by atoms with Crippen molar-refractivity contribution in [1.29, 1.82) is 0 Å². The number of hydrogen-bond acceptors (Lipinski definition) is 3. The van der Waals surface area contributed by atoms with Gasteiger partial charge >= 0.3 is 12.0 Å². The molecule has 0 aliphatic carbocycles. The highest BCUT2D eigenvalue weighted by Gasteiger charge is 2.34. The first-order valence-corrected chi connectivity index (χ1v) is 7.24. The molecule has 1 aromatic heterocycles. The summed E-state index contributed by atoms with van der Waals surface area (Å²) in [6.45, 7) is 3.01. The van der Waals surface area contributed by atoms with Crippen molar-refractivity contribution >= 4 is 12.0 Å². The van der Waals surface area contributed by atoms with E-state index in [1.165, 1.54) is 4.90 Å². The van der Waals surface area contributed by atoms with E-state index < -0.39 is 12.0 Å². The molecule has 1 aliphatic rings. The number of piperidine rings is 1. The molecule has 2 rings (SSSR count). The van der Waals surface area contributed by atoms with Crippen LogP contribution in [-0.2, 0) is 11.2 Å². The number of rotatable bonds is 4. The Morgan fingerprint density at radius 3 is 2.81 bits per heavy atom. The van der Waals surface area contributed by atoms with Crippen LogP contribution in [0, 0.1) is 5.92 Å². The maximum absolute atomic E-state index is 12.1. The second kappa shape index (κ2) is 7.06. The number of aromatic nitrogens is 1. The summed E-state index contributed by atoms with van der Waals surface area (Å²) in [5, 5.41) is 12.1. The molecule has 1 aliphatic heterocycles. The molecule has 0 radical (unpaired) electrons. The monoisotopic (exact) mass is 291 g/mol. The van der Waals surface area contributed by atoms with Crippen molar-refractivity contribution in [3.8, 4) is 0 Å². The first-order chi connectivity index (χ1) is 10.1. The number of carbonyl (C=O) groups is 2. The Hall–Kier alpha value is -2.11. The van der Waals surface area contributed by atoms with Crippen molar-refractivity contribution in [3.05, 3.63) is 30.1 Å². The zero-order valence-corrected chi connectivity index (χ0v) is 12.2. The molecular formula is C15H21N3O3. The van der Waals surface area contributed by atoms with E-state index in [1.807, 2.05) is 19.1 Å². The Balaban J connectivity index is 1.85. The number of amides is 2. The van der Waals surface area contributed by atoms with Crippen LogP contribution < -0.4 is 5.32 Å². The van der Waals surface area contributed by atoms with Crippen LogP contribution in [0.3, 0.4) is 0 Å².